The summed E-state index contributed by atoms with van der Waals surface area (Å²) in [6, 6.07) is 36.7. The third-order valence-electron chi connectivity index (χ3n) is 12.7. The molecule has 0 saturated heterocycles. The zero-order chi connectivity index (χ0) is 34.0. The molecule has 244 valence electrons. The minimum atomic E-state index is -0.0796. The van der Waals surface area contributed by atoms with E-state index in [-0.39, 0.29) is 10.8 Å². The molecule has 51 heavy (non-hydrogen) atoms. The van der Waals surface area contributed by atoms with Gasteiger partial charge in [-0.25, -0.2) is 0 Å². The van der Waals surface area contributed by atoms with Crippen molar-refractivity contribution in [2.45, 2.75) is 51.4 Å². The van der Waals surface area contributed by atoms with Crippen molar-refractivity contribution in [3.8, 4) is 22.3 Å². The summed E-state index contributed by atoms with van der Waals surface area (Å²) in [7, 11) is 0. The molecule has 0 atom stereocenters. The van der Waals surface area contributed by atoms with Gasteiger partial charge < -0.3 is 14.0 Å². The van der Waals surface area contributed by atoms with Crippen LogP contribution in [0.1, 0.15) is 62.8 Å². The zero-order valence-electron chi connectivity index (χ0n) is 29.2. The molecule has 0 bridgehead atoms. The molecule has 6 aromatic carbocycles. The fraction of sp³-hybridized carbons (Fsp3) is 0.167. The van der Waals surface area contributed by atoms with E-state index < -0.39 is 0 Å². The molecule has 0 radical (unpaired) electrons. The van der Waals surface area contributed by atoms with Gasteiger partial charge in [0.15, 0.2) is 0 Å². The van der Waals surface area contributed by atoms with Gasteiger partial charge in [0.1, 0.15) is 11.2 Å². The summed E-state index contributed by atoms with van der Waals surface area (Å²) in [6.07, 6.45) is 9.13. The summed E-state index contributed by atoms with van der Waals surface area (Å²) in [5.74, 6) is 0. The van der Waals surface area contributed by atoms with Crippen LogP contribution in [0.2, 0.25) is 0 Å². The molecular weight excluding hydrogens is 621 g/mol. The monoisotopic (exact) mass is 656 g/mol. The maximum Gasteiger partial charge on any atom is 0.145 e. The lowest BCUT2D eigenvalue weighted by molar-refractivity contribution is 0.661. The highest BCUT2D eigenvalue weighted by Crippen LogP contribution is 2.53. The van der Waals surface area contributed by atoms with Crippen LogP contribution in [-0.4, -0.2) is 9.55 Å². The van der Waals surface area contributed by atoms with Crippen LogP contribution in [0.15, 0.2) is 120 Å². The van der Waals surface area contributed by atoms with Crippen molar-refractivity contribution in [3.05, 3.63) is 138 Å². The Morgan fingerprint density at radius 3 is 1.90 bits per heavy atom. The van der Waals surface area contributed by atoms with Crippen LogP contribution in [-0.2, 0) is 10.8 Å². The number of fused-ring (bicyclic) bond motifs is 17. The lowest BCUT2D eigenvalue weighted by Crippen LogP contribution is -2.15. The second kappa shape index (κ2) is 9.10. The van der Waals surface area contributed by atoms with Crippen LogP contribution >= 0.6 is 0 Å². The number of benzene rings is 6. The van der Waals surface area contributed by atoms with Gasteiger partial charge in [0.2, 0.25) is 0 Å². The minimum Gasteiger partial charge on any atom is -0.455 e. The summed E-state index contributed by atoms with van der Waals surface area (Å²) in [5, 5.41) is 7.13. The van der Waals surface area contributed by atoms with Gasteiger partial charge >= 0.3 is 0 Å². The summed E-state index contributed by atoms with van der Waals surface area (Å²) in [4.78, 5) is 3.79. The fourth-order valence-corrected chi connectivity index (χ4v) is 10.2. The van der Waals surface area contributed by atoms with Gasteiger partial charge in [0.05, 0.1) is 27.3 Å². The Bertz CT molecular complexity index is 3130. The molecule has 9 aromatic rings. The predicted molar refractivity (Wildman–Crippen MR) is 214 cm³/mol. The maximum atomic E-state index is 7.24. The topological polar surface area (TPSA) is 33.9 Å². The Hall–Kier alpha value is -5.80. The van der Waals surface area contributed by atoms with Crippen LogP contribution in [0, 0.1) is 0 Å². The number of H-pyrrole nitrogens is 1. The summed E-state index contributed by atoms with van der Waals surface area (Å²) < 4.78 is 9.73. The summed E-state index contributed by atoms with van der Waals surface area (Å²) in [6.45, 7) is 9.43. The standard InChI is InChI=1S/C48H36N2O/c1-47(2)35-16-10-8-14-27(35)31-22-33-40(24-37(31)47)49-39-20-18-29-30-19-21-41-44(46(30)51-45(29)43(33)39)34-23-32-28-15-9-11-17-36(28)48(3,4)38(32)25-42(34)50(41)26-12-6-5-7-13-26/h6,8-25,49H,5,7H2,1-4H3. The van der Waals surface area contributed by atoms with Gasteiger partial charge in [0, 0.05) is 43.6 Å². The molecule has 0 saturated carbocycles. The zero-order valence-corrected chi connectivity index (χ0v) is 29.2. The predicted octanol–water partition coefficient (Wildman–Crippen LogP) is 13.1. The largest absolute Gasteiger partial charge is 0.455 e. The van der Waals surface area contributed by atoms with Gasteiger partial charge in [0.25, 0.3) is 0 Å². The molecule has 3 aliphatic carbocycles. The van der Waals surface area contributed by atoms with Gasteiger partial charge in [-0.05, 0) is 112 Å². The number of nitrogens with zero attached hydrogens (tertiary/aromatic N) is 1. The summed E-state index contributed by atoms with van der Waals surface area (Å²) >= 11 is 0. The van der Waals surface area contributed by atoms with E-state index >= 15 is 0 Å². The van der Waals surface area contributed by atoms with Crippen molar-refractivity contribution in [1.82, 2.24) is 9.55 Å². The Morgan fingerprint density at radius 1 is 0.549 bits per heavy atom. The normalized spacial score (nSPS) is 16.8. The van der Waals surface area contributed by atoms with Crippen molar-refractivity contribution in [3.63, 3.8) is 0 Å². The first-order chi connectivity index (χ1) is 24.8. The van der Waals surface area contributed by atoms with E-state index in [0.29, 0.717) is 0 Å². The number of aromatic nitrogens is 2. The molecule has 0 fully saturated rings. The molecule has 0 unspecified atom stereocenters. The van der Waals surface area contributed by atoms with Crippen molar-refractivity contribution < 1.29 is 4.42 Å². The van der Waals surface area contributed by atoms with Crippen molar-refractivity contribution in [2.75, 3.05) is 0 Å². The van der Waals surface area contributed by atoms with Gasteiger partial charge in [-0.3, -0.25) is 0 Å². The maximum absolute atomic E-state index is 7.24. The molecule has 3 heteroatoms. The van der Waals surface area contributed by atoms with E-state index in [1.807, 2.05) is 0 Å². The molecule has 3 heterocycles. The highest BCUT2D eigenvalue weighted by molar-refractivity contribution is 6.29. The van der Waals surface area contributed by atoms with Crippen LogP contribution in [0.5, 0.6) is 0 Å². The molecule has 0 amide bonds. The van der Waals surface area contributed by atoms with E-state index in [4.69, 9.17) is 4.42 Å². The van der Waals surface area contributed by atoms with Crippen LogP contribution in [0.4, 0.5) is 0 Å². The lowest BCUT2D eigenvalue weighted by Gasteiger charge is -2.22. The second-order valence-corrected chi connectivity index (χ2v) is 16.1. The Balaban J connectivity index is 1.20. The smallest absolute Gasteiger partial charge is 0.145 e. The molecule has 3 aromatic heterocycles. The molecule has 3 nitrogen and oxygen atoms in total. The SMILES string of the molecule is CC1(C)c2ccccc2-c2cc3c(cc21)[nH]c1ccc2c4ccc5c(c6cc7c(cc6n5C5=CCCC=C5)C(C)(C)c5ccccc5-7)c4oc2c13. The first-order valence-corrected chi connectivity index (χ1v) is 18.3. The summed E-state index contributed by atoms with van der Waals surface area (Å²) in [5.41, 5.74) is 18.6. The fourth-order valence-electron chi connectivity index (χ4n) is 10.2. The average Bonchev–Trinajstić information content (AvgIpc) is 3.90. The van der Waals surface area contributed by atoms with Crippen LogP contribution < -0.4 is 0 Å². The molecular formula is C48H36N2O. The van der Waals surface area contributed by atoms with Gasteiger partial charge in [-0.1, -0.05) is 88.4 Å². The van der Waals surface area contributed by atoms with Gasteiger partial charge in [-0.15, -0.1) is 0 Å². The third kappa shape index (κ3) is 3.31. The molecule has 1 N–H and O–H groups in total. The van der Waals surface area contributed by atoms with Crippen LogP contribution in [0.3, 0.4) is 0 Å². The Labute approximate surface area is 295 Å². The molecule has 0 aliphatic heterocycles. The second-order valence-electron chi connectivity index (χ2n) is 16.1. The third-order valence-corrected chi connectivity index (χ3v) is 12.7. The highest BCUT2D eigenvalue weighted by atomic mass is 16.3. The first kappa shape index (κ1) is 28.0. The van der Waals surface area contributed by atoms with Crippen molar-refractivity contribution >= 4 is 71.2 Å². The number of nitrogens with one attached hydrogen (secondary N) is 1. The minimum absolute atomic E-state index is 0.0508. The van der Waals surface area contributed by atoms with Crippen LogP contribution in [0.25, 0.3) is 93.5 Å². The Morgan fingerprint density at radius 2 is 1.20 bits per heavy atom. The quantitative estimate of drug-likeness (QED) is 0.187. The van der Waals surface area contributed by atoms with E-state index in [0.717, 1.165) is 51.2 Å². The molecule has 12 rings (SSSR count). The van der Waals surface area contributed by atoms with Crippen molar-refractivity contribution in [2.24, 2.45) is 0 Å². The number of aromatic amines is 1. The first-order valence-electron chi connectivity index (χ1n) is 18.3. The molecule has 3 aliphatic rings. The molecule has 0 spiro atoms. The number of rotatable bonds is 1. The number of allylic oxidation sites excluding steroid dienone is 4. The lowest BCUT2D eigenvalue weighted by atomic mass is 9.82. The van der Waals surface area contributed by atoms with E-state index in [1.165, 1.54) is 77.4 Å². The van der Waals surface area contributed by atoms with Crippen molar-refractivity contribution in [1.29, 1.82) is 0 Å². The number of hydrogen-bond donors (Lipinski definition) is 1. The van der Waals surface area contributed by atoms with E-state index in [1.54, 1.807) is 0 Å². The average molecular weight is 657 g/mol. The van der Waals surface area contributed by atoms with E-state index in [2.05, 4.69) is 153 Å². The highest BCUT2D eigenvalue weighted by Gasteiger charge is 2.38. The van der Waals surface area contributed by atoms with Gasteiger partial charge in [-0.2, -0.15) is 0 Å². The number of furan rings is 1. The number of hydrogen-bond acceptors (Lipinski definition) is 1. The Kier molecular flexibility index (Phi) is 4.99. The van der Waals surface area contributed by atoms with E-state index in [9.17, 15) is 0 Å².